The molecule has 0 unspecified atom stereocenters. The summed E-state index contributed by atoms with van der Waals surface area (Å²) in [6.07, 6.45) is 5.11. The van der Waals surface area contributed by atoms with E-state index in [1.807, 2.05) is 6.92 Å². The molecule has 2 nitrogen and oxygen atoms in total. The lowest BCUT2D eigenvalue weighted by Gasteiger charge is -2.17. The Morgan fingerprint density at radius 1 is 1.17 bits per heavy atom. The second kappa shape index (κ2) is 7.56. The summed E-state index contributed by atoms with van der Waals surface area (Å²) in [6, 6.07) is 0.778. The Kier molecular flexibility index (Phi) is 7.51. The minimum absolute atomic E-state index is 0.234. The standard InChI is InChI=1S/C10H23NO/c1-4-5-6-7-9(2)11-10(3)8-12/h9-12H,4-8H2,1-3H3/t9-,10+/m1/s1. The van der Waals surface area contributed by atoms with Crippen LogP contribution in [0.25, 0.3) is 0 Å². The van der Waals surface area contributed by atoms with Crippen molar-refractivity contribution in [3.63, 3.8) is 0 Å². The fraction of sp³-hybridized carbons (Fsp3) is 1.00. The van der Waals surface area contributed by atoms with Gasteiger partial charge >= 0.3 is 0 Å². The molecule has 0 aliphatic rings. The number of aliphatic hydroxyl groups is 1. The Balaban J connectivity index is 3.26. The summed E-state index contributed by atoms with van der Waals surface area (Å²) in [5.74, 6) is 0. The summed E-state index contributed by atoms with van der Waals surface area (Å²) in [7, 11) is 0. The average Bonchev–Trinajstić information content (AvgIpc) is 2.05. The average molecular weight is 173 g/mol. The second-order valence-electron chi connectivity index (χ2n) is 3.65. The predicted octanol–water partition coefficient (Wildman–Crippen LogP) is 1.93. The molecular weight excluding hydrogens is 150 g/mol. The predicted molar refractivity (Wildman–Crippen MR) is 53.3 cm³/mol. The molecular formula is C10H23NO. The van der Waals surface area contributed by atoms with Gasteiger partial charge in [-0.05, 0) is 20.3 Å². The molecule has 0 radical (unpaired) electrons. The quantitative estimate of drug-likeness (QED) is 0.577. The van der Waals surface area contributed by atoms with Gasteiger partial charge in [0.1, 0.15) is 0 Å². The SMILES string of the molecule is CCCCC[C@@H](C)N[C@@H](C)CO. The van der Waals surface area contributed by atoms with Crippen LogP contribution in [0.2, 0.25) is 0 Å². The molecule has 0 amide bonds. The van der Waals surface area contributed by atoms with Gasteiger partial charge in [0.2, 0.25) is 0 Å². The van der Waals surface area contributed by atoms with Crippen LogP contribution < -0.4 is 5.32 Å². The lowest BCUT2D eigenvalue weighted by atomic mass is 10.1. The largest absolute Gasteiger partial charge is 0.395 e. The Morgan fingerprint density at radius 2 is 1.83 bits per heavy atom. The van der Waals surface area contributed by atoms with E-state index in [2.05, 4.69) is 19.2 Å². The summed E-state index contributed by atoms with van der Waals surface area (Å²) in [6.45, 7) is 6.64. The molecule has 0 saturated heterocycles. The molecule has 0 aromatic rings. The molecule has 0 rings (SSSR count). The van der Waals surface area contributed by atoms with Crippen LogP contribution in [-0.2, 0) is 0 Å². The van der Waals surface area contributed by atoms with Crippen molar-refractivity contribution in [2.75, 3.05) is 6.61 Å². The van der Waals surface area contributed by atoms with Crippen LogP contribution in [0, 0.1) is 0 Å². The minimum atomic E-state index is 0.234. The third-order valence-electron chi connectivity index (χ3n) is 2.08. The maximum absolute atomic E-state index is 8.79. The van der Waals surface area contributed by atoms with Gasteiger partial charge in [0.15, 0.2) is 0 Å². The molecule has 74 valence electrons. The minimum Gasteiger partial charge on any atom is -0.395 e. The van der Waals surface area contributed by atoms with E-state index in [0.29, 0.717) is 6.04 Å². The van der Waals surface area contributed by atoms with Crippen molar-refractivity contribution in [1.82, 2.24) is 5.32 Å². The number of unbranched alkanes of at least 4 members (excludes halogenated alkanes) is 2. The normalized spacial score (nSPS) is 16.0. The molecule has 0 aliphatic heterocycles. The Bertz CT molecular complexity index is 95.8. The molecule has 0 aromatic heterocycles. The monoisotopic (exact) mass is 173 g/mol. The first-order valence-corrected chi connectivity index (χ1v) is 5.07. The first-order chi connectivity index (χ1) is 5.70. The first-order valence-electron chi connectivity index (χ1n) is 5.07. The molecule has 2 heteroatoms. The molecule has 12 heavy (non-hydrogen) atoms. The van der Waals surface area contributed by atoms with Crippen molar-refractivity contribution >= 4 is 0 Å². The molecule has 0 heterocycles. The van der Waals surface area contributed by atoms with E-state index in [0.717, 1.165) is 0 Å². The van der Waals surface area contributed by atoms with Gasteiger partial charge in [-0.2, -0.15) is 0 Å². The van der Waals surface area contributed by atoms with Gasteiger partial charge in [-0.25, -0.2) is 0 Å². The fourth-order valence-electron chi connectivity index (χ4n) is 1.32. The number of hydrogen-bond donors (Lipinski definition) is 2. The maximum atomic E-state index is 8.79. The summed E-state index contributed by atoms with van der Waals surface area (Å²) < 4.78 is 0. The lowest BCUT2D eigenvalue weighted by molar-refractivity contribution is 0.240. The van der Waals surface area contributed by atoms with Crippen LogP contribution in [0.5, 0.6) is 0 Å². The van der Waals surface area contributed by atoms with Crippen molar-refractivity contribution in [3.8, 4) is 0 Å². The topological polar surface area (TPSA) is 32.3 Å². The van der Waals surface area contributed by atoms with Crippen molar-refractivity contribution in [2.45, 2.75) is 58.5 Å². The number of rotatable bonds is 7. The number of hydrogen-bond acceptors (Lipinski definition) is 2. The van der Waals surface area contributed by atoms with E-state index in [-0.39, 0.29) is 12.6 Å². The van der Waals surface area contributed by atoms with Gasteiger partial charge in [-0.15, -0.1) is 0 Å². The van der Waals surface area contributed by atoms with Crippen molar-refractivity contribution < 1.29 is 5.11 Å². The van der Waals surface area contributed by atoms with E-state index in [9.17, 15) is 0 Å². The highest BCUT2D eigenvalue weighted by Gasteiger charge is 2.04. The Morgan fingerprint density at radius 3 is 2.33 bits per heavy atom. The number of nitrogens with one attached hydrogen (secondary N) is 1. The van der Waals surface area contributed by atoms with Crippen LogP contribution in [0.15, 0.2) is 0 Å². The van der Waals surface area contributed by atoms with Crippen LogP contribution in [-0.4, -0.2) is 23.8 Å². The molecule has 0 aromatic carbocycles. The zero-order valence-corrected chi connectivity index (χ0v) is 8.64. The Hall–Kier alpha value is -0.0800. The van der Waals surface area contributed by atoms with E-state index < -0.39 is 0 Å². The van der Waals surface area contributed by atoms with Crippen LogP contribution in [0.3, 0.4) is 0 Å². The van der Waals surface area contributed by atoms with Gasteiger partial charge in [0.05, 0.1) is 6.61 Å². The Labute approximate surface area is 76.4 Å². The zero-order valence-electron chi connectivity index (χ0n) is 8.64. The zero-order chi connectivity index (χ0) is 9.40. The van der Waals surface area contributed by atoms with Gasteiger partial charge in [-0.1, -0.05) is 26.2 Å². The highest BCUT2D eigenvalue weighted by molar-refractivity contribution is 4.66. The summed E-state index contributed by atoms with van der Waals surface area (Å²) in [5.41, 5.74) is 0. The van der Waals surface area contributed by atoms with Crippen molar-refractivity contribution in [2.24, 2.45) is 0 Å². The van der Waals surface area contributed by atoms with Crippen molar-refractivity contribution in [3.05, 3.63) is 0 Å². The number of aliphatic hydroxyl groups excluding tert-OH is 1. The van der Waals surface area contributed by atoms with Gasteiger partial charge in [-0.3, -0.25) is 0 Å². The third-order valence-corrected chi connectivity index (χ3v) is 2.08. The smallest absolute Gasteiger partial charge is 0.0582 e. The van der Waals surface area contributed by atoms with E-state index >= 15 is 0 Å². The third kappa shape index (κ3) is 6.62. The van der Waals surface area contributed by atoms with E-state index in [4.69, 9.17) is 5.11 Å². The molecule has 0 fully saturated rings. The summed E-state index contributed by atoms with van der Waals surface area (Å²) in [5, 5.41) is 12.1. The summed E-state index contributed by atoms with van der Waals surface area (Å²) in [4.78, 5) is 0. The van der Waals surface area contributed by atoms with Gasteiger partial charge in [0, 0.05) is 12.1 Å². The summed E-state index contributed by atoms with van der Waals surface area (Å²) >= 11 is 0. The van der Waals surface area contributed by atoms with E-state index in [1.165, 1.54) is 25.7 Å². The van der Waals surface area contributed by atoms with E-state index in [1.54, 1.807) is 0 Å². The maximum Gasteiger partial charge on any atom is 0.0582 e. The molecule has 2 atom stereocenters. The molecule has 0 aliphatic carbocycles. The van der Waals surface area contributed by atoms with Gasteiger partial charge in [0.25, 0.3) is 0 Å². The van der Waals surface area contributed by atoms with Crippen LogP contribution >= 0.6 is 0 Å². The molecule has 2 N–H and O–H groups in total. The van der Waals surface area contributed by atoms with Crippen LogP contribution in [0.1, 0.15) is 46.5 Å². The molecule has 0 bridgehead atoms. The molecule has 0 spiro atoms. The van der Waals surface area contributed by atoms with Crippen molar-refractivity contribution in [1.29, 1.82) is 0 Å². The highest BCUT2D eigenvalue weighted by atomic mass is 16.3. The lowest BCUT2D eigenvalue weighted by Crippen LogP contribution is -2.36. The van der Waals surface area contributed by atoms with Gasteiger partial charge < -0.3 is 10.4 Å². The fourth-order valence-corrected chi connectivity index (χ4v) is 1.32. The van der Waals surface area contributed by atoms with Crippen LogP contribution in [0.4, 0.5) is 0 Å². The second-order valence-corrected chi connectivity index (χ2v) is 3.65. The highest BCUT2D eigenvalue weighted by Crippen LogP contribution is 2.03. The molecule has 0 saturated carbocycles. The first kappa shape index (κ1) is 11.9.